The summed E-state index contributed by atoms with van der Waals surface area (Å²) in [7, 11) is 0. The van der Waals surface area contributed by atoms with Crippen molar-refractivity contribution in [3.8, 4) is 11.3 Å². The molecule has 2 saturated heterocycles. The Kier molecular flexibility index (Phi) is 5.08. The predicted molar refractivity (Wildman–Crippen MR) is 111 cm³/mol. The van der Waals surface area contributed by atoms with E-state index in [0.717, 1.165) is 57.7 Å². The third kappa shape index (κ3) is 3.63. The number of benzene rings is 1. The SMILES string of the molecule is O=C(Nc1ccc(F)c(-c2ccn3c(C4CCOCC4)cnc3n2)c1)N1CCCC1. The lowest BCUT2D eigenvalue weighted by atomic mass is 9.97. The normalized spacial score (nSPS) is 17.6. The highest BCUT2D eigenvalue weighted by Crippen LogP contribution is 2.29. The molecule has 0 atom stereocenters. The molecule has 2 aromatic heterocycles. The van der Waals surface area contributed by atoms with Gasteiger partial charge < -0.3 is 15.0 Å². The third-order valence-corrected chi connectivity index (χ3v) is 5.93. The maximum Gasteiger partial charge on any atom is 0.321 e. The van der Waals surface area contributed by atoms with Gasteiger partial charge in [0.2, 0.25) is 5.78 Å². The van der Waals surface area contributed by atoms with E-state index in [1.807, 2.05) is 16.8 Å². The molecule has 0 bridgehead atoms. The summed E-state index contributed by atoms with van der Waals surface area (Å²) in [5, 5.41) is 2.87. The Bertz CT molecular complexity index is 1070. The number of imidazole rings is 1. The van der Waals surface area contributed by atoms with Crippen molar-refractivity contribution in [2.75, 3.05) is 31.6 Å². The summed E-state index contributed by atoms with van der Waals surface area (Å²) in [6.45, 7) is 3.02. The largest absolute Gasteiger partial charge is 0.381 e. The van der Waals surface area contributed by atoms with E-state index in [2.05, 4.69) is 15.3 Å². The molecule has 0 spiro atoms. The van der Waals surface area contributed by atoms with Gasteiger partial charge in [-0.3, -0.25) is 4.40 Å². The standard InChI is InChI=1S/C22H24FN5O2/c23-18-4-3-16(25-22(29)27-8-1-2-9-27)13-17(18)19-5-10-28-20(14-24-21(28)26-19)15-6-11-30-12-7-15/h3-5,10,13-15H,1-2,6-9,11-12H2,(H,25,29). The van der Waals surface area contributed by atoms with Crippen LogP contribution in [0.3, 0.4) is 0 Å². The highest BCUT2D eigenvalue weighted by atomic mass is 19.1. The van der Waals surface area contributed by atoms with Crippen LogP contribution in [0.25, 0.3) is 17.0 Å². The lowest BCUT2D eigenvalue weighted by Gasteiger charge is -2.21. The van der Waals surface area contributed by atoms with Gasteiger partial charge in [-0.2, -0.15) is 0 Å². The summed E-state index contributed by atoms with van der Waals surface area (Å²) in [4.78, 5) is 23.2. The number of nitrogens with zero attached hydrogens (tertiary/aromatic N) is 4. The number of amides is 2. The Labute approximate surface area is 173 Å². The maximum atomic E-state index is 14.6. The van der Waals surface area contributed by atoms with Gasteiger partial charge in [0.05, 0.1) is 11.9 Å². The van der Waals surface area contributed by atoms with Crippen LogP contribution in [0.1, 0.15) is 37.3 Å². The minimum Gasteiger partial charge on any atom is -0.381 e. The fraction of sp³-hybridized carbons (Fsp3) is 0.409. The van der Waals surface area contributed by atoms with Crippen molar-refractivity contribution in [2.24, 2.45) is 0 Å². The number of carbonyl (C=O) groups excluding carboxylic acids is 1. The molecular weight excluding hydrogens is 385 g/mol. The molecule has 2 aliphatic heterocycles. The van der Waals surface area contributed by atoms with E-state index in [0.29, 0.717) is 28.6 Å². The van der Waals surface area contributed by atoms with Crippen molar-refractivity contribution < 1.29 is 13.9 Å². The van der Waals surface area contributed by atoms with Crippen LogP contribution in [0, 0.1) is 5.82 Å². The number of anilines is 1. The van der Waals surface area contributed by atoms with Crippen molar-refractivity contribution in [1.82, 2.24) is 19.3 Å². The third-order valence-electron chi connectivity index (χ3n) is 5.93. The summed E-state index contributed by atoms with van der Waals surface area (Å²) in [5.41, 5.74) is 2.49. The fourth-order valence-electron chi connectivity index (χ4n) is 4.26. The molecule has 0 unspecified atom stereocenters. The van der Waals surface area contributed by atoms with Gasteiger partial charge in [0.15, 0.2) is 0 Å². The number of likely N-dealkylation sites (tertiary alicyclic amines) is 1. The lowest BCUT2D eigenvalue weighted by Crippen LogP contribution is -2.32. The van der Waals surface area contributed by atoms with Crippen LogP contribution in [-0.2, 0) is 4.74 Å². The molecule has 5 rings (SSSR count). The van der Waals surface area contributed by atoms with Crippen molar-refractivity contribution in [3.05, 3.63) is 48.2 Å². The summed E-state index contributed by atoms with van der Waals surface area (Å²) < 4.78 is 22.0. The zero-order valence-corrected chi connectivity index (χ0v) is 16.7. The van der Waals surface area contributed by atoms with Crippen molar-refractivity contribution in [2.45, 2.75) is 31.6 Å². The van der Waals surface area contributed by atoms with E-state index < -0.39 is 0 Å². The first-order valence-electron chi connectivity index (χ1n) is 10.5. The molecule has 0 saturated carbocycles. The van der Waals surface area contributed by atoms with Crippen LogP contribution >= 0.6 is 0 Å². The van der Waals surface area contributed by atoms with Crippen molar-refractivity contribution in [1.29, 1.82) is 0 Å². The molecule has 1 aromatic carbocycles. The number of rotatable bonds is 3. The van der Waals surface area contributed by atoms with Gasteiger partial charge in [0.25, 0.3) is 0 Å². The second-order valence-corrected chi connectivity index (χ2v) is 7.87. The first-order valence-corrected chi connectivity index (χ1v) is 10.5. The lowest BCUT2D eigenvalue weighted by molar-refractivity contribution is 0.0843. The van der Waals surface area contributed by atoms with E-state index >= 15 is 0 Å². The maximum absolute atomic E-state index is 14.6. The number of halogens is 1. The minimum atomic E-state index is -0.387. The fourth-order valence-corrected chi connectivity index (χ4v) is 4.26. The number of fused-ring (bicyclic) bond motifs is 1. The van der Waals surface area contributed by atoms with Crippen LogP contribution in [0.5, 0.6) is 0 Å². The molecule has 3 aromatic rings. The molecule has 1 N–H and O–H groups in total. The average molecular weight is 409 g/mol. The van der Waals surface area contributed by atoms with E-state index in [4.69, 9.17) is 4.74 Å². The van der Waals surface area contributed by atoms with Crippen molar-refractivity contribution >= 4 is 17.5 Å². The summed E-state index contributed by atoms with van der Waals surface area (Å²) in [5.74, 6) is 0.546. The van der Waals surface area contributed by atoms with Crippen LogP contribution in [0.15, 0.2) is 36.7 Å². The molecule has 30 heavy (non-hydrogen) atoms. The van der Waals surface area contributed by atoms with Gasteiger partial charge in [-0.1, -0.05) is 0 Å². The van der Waals surface area contributed by atoms with Crippen molar-refractivity contribution in [3.63, 3.8) is 0 Å². The van der Waals surface area contributed by atoms with E-state index in [1.165, 1.54) is 6.07 Å². The second-order valence-electron chi connectivity index (χ2n) is 7.87. The van der Waals surface area contributed by atoms with E-state index in [9.17, 15) is 9.18 Å². The zero-order valence-electron chi connectivity index (χ0n) is 16.7. The number of urea groups is 1. The van der Waals surface area contributed by atoms with E-state index in [-0.39, 0.29) is 11.8 Å². The quantitative estimate of drug-likeness (QED) is 0.708. The molecule has 0 radical (unpaired) electrons. The molecule has 4 heterocycles. The Balaban J connectivity index is 1.42. The summed E-state index contributed by atoms with van der Waals surface area (Å²) in [6.07, 6.45) is 7.71. The highest BCUT2D eigenvalue weighted by molar-refractivity contribution is 5.90. The van der Waals surface area contributed by atoms with Crippen LogP contribution in [-0.4, -0.2) is 51.6 Å². The van der Waals surface area contributed by atoms with Gasteiger partial charge in [-0.25, -0.2) is 19.2 Å². The van der Waals surface area contributed by atoms with Crippen LogP contribution in [0.2, 0.25) is 0 Å². The van der Waals surface area contributed by atoms with Gasteiger partial charge in [0.1, 0.15) is 5.82 Å². The number of carbonyl (C=O) groups is 1. The molecule has 2 amide bonds. The summed E-state index contributed by atoms with van der Waals surface area (Å²) >= 11 is 0. The number of nitrogens with one attached hydrogen (secondary N) is 1. The predicted octanol–water partition coefficient (Wildman–Crippen LogP) is 4.06. The molecule has 0 aliphatic carbocycles. The number of aromatic nitrogens is 3. The molecule has 7 nitrogen and oxygen atoms in total. The first kappa shape index (κ1) is 19.0. The Morgan fingerprint density at radius 1 is 1.17 bits per heavy atom. The Morgan fingerprint density at radius 2 is 1.97 bits per heavy atom. The molecule has 2 fully saturated rings. The highest BCUT2D eigenvalue weighted by Gasteiger charge is 2.21. The smallest absolute Gasteiger partial charge is 0.321 e. The second kappa shape index (κ2) is 8.02. The Morgan fingerprint density at radius 3 is 2.77 bits per heavy atom. The zero-order chi connectivity index (χ0) is 20.5. The van der Waals surface area contributed by atoms with Crippen LogP contribution in [0.4, 0.5) is 14.9 Å². The van der Waals surface area contributed by atoms with Gasteiger partial charge >= 0.3 is 6.03 Å². The molecule has 156 valence electrons. The van der Waals surface area contributed by atoms with Gasteiger partial charge in [-0.05, 0) is 49.9 Å². The number of hydrogen-bond acceptors (Lipinski definition) is 4. The van der Waals surface area contributed by atoms with Crippen LogP contribution < -0.4 is 5.32 Å². The molecule has 8 heteroatoms. The Hall–Kier alpha value is -3.00. The molecule has 2 aliphatic rings. The van der Waals surface area contributed by atoms with Gasteiger partial charge in [0, 0.05) is 55.4 Å². The average Bonchev–Trinajstić information content (AvgIpc) is 3.45. The summed E-state index contributed by atoms with van der Waals surface area (Å²) in [6, 6.07) is 6.21. The monoisotopic (exact) mass is 409 g/mol. The minimum absolute atomic E-state index is 0.150. The first-order chi connectivity index (χ1) is 14.7. The number of ether oxygens (including phenoxy) is 1. The van der Waals surface area contributed by atoms with Gasteiger partial charge in [-0.15, -0.1) is 0 Å². The topological polar surface area (TPSA) is 71.8 Å². The van der Waals surface area contributed by atoms with E-state index in [1.54, 1.807) is 23.1 Å². The molecular formula is C22H24FN5O2. The number of hydrogen-bond donors (Lipinski definition) is 1.